The number of thiocarbonyl (C=S) groups is 1. The van der Waals surface area contributed by atoms with Crippen LogP contribution in [0.2, 0.25) is 5.02 Å². The Morgan fingerprint density at radius 3 is 2.59 bits per heavy atom. The Bertz CT molecular complexity index is 1090. The molecule has 0 saturated carbocycles. The third-order valence-corrected chi connectivity index (χ3v) is 4.83. The van der Waals surface area contributed by atoms with Gasteiger partial charge in [0.15, 0.2) is 5.11 Å². The van der Waals surface area contributed by atoms with Gasteiger partial charge in [-0.1, -0.05) is 29.8 Å². The number of nitrogens with one attached hydrogen (secondary N) is 2. The number of aryl methyl sites for hydroxylation is 1. The number of aromatic nitrogens is 1. The van der Waals surface area contributed by atoms with Crippen LogP contribution in [0.5, 0.6) is 0 Å². The molecule has 0 unspecified atom stereocenters. The van der Waals surface area contributed by atoms with Gasteiger partial charge < -0.3 is 15.0 Å². The molecule has 1 heterocycles. The van der Waals surface area contributed by atoms with Crippen molar-refractivity contribution >= 4 is 46.8 Å². The number of halogens is 1. The highest BCUT2D eigenvalue weighted by Gasteiger charge is 2.14. The van der Waals surface area contributed by atoms with Gasteiger partial charge in [0.05, 0.1) is 16.8 Å². The Labute approximate surface area is 178 Å². The molecule has 0 aliphatic rings. The quantitative estimate of drug-likeness (QED) is 0.311. The average Bonchev–Trinajstić information content (AvgIpc) is 2.96. The van der Waals surface area contributed by atoms with Crippen molar-refractivity contribution in [2.45, 2.75) is 13.8 Å². The van der Waals surface area contributed by atoms with E-state index >= 15 is 0 Å². The van der Waals surface area contributed by atoms with E-state index in [2.05, 4.69) is 15.8 Å². The fourth-order valence-corrected chi connectivity index (χ4v) is 3.34. The number of carboxylic acids is 1. The van der Waals surface area contributed by atoms with Gasteiger partial charge in [-0.2, -0.15) is 5.10 Å². The Balaban J connectivity index is 1.77. The maximum atomic E-state index is 11.4. The fraction of sp³-hybridized carbons (Fsp3) is 0.0952. The minimum atomic E-state index is -1.07. The molecule has 148 valence electrons. The highest BCUT2D eigenvalue weighted by Crippen LogP contribution is 2.24. The SMILES string of the molecule is Cc1cc(/C=N/NC(=S)Nc2ccccc2)c(C)n1-c1ccc(Cl)c(C(=O)O)c1. The molecule has 0 bridgehead atoms. The number of rotatable bonds is 5. The summed E-state index contributed by atoms with van der Waals surface area (Å²) in [6.45, 7) is 3.87. The minimum Gasteiger partial charge on any atom is -0.478 e. The van der Waals surface area contributed by atoms with Crippen LogP contribution in [0.15, 0.2) is 59.7 Å². The molecular weight excluding hydrogens is 408 g/mol. The van der Waals surface area contributed by atoms with Crippen LogP contribution >= 0.6 is 23.8 Å². The summed E-state index contributed by atoms with van der Waals surface area (Å²) in [6, 6.07) is 16.5. The van der Waals surface area contributed by atoms with Crippen LogP contribution < -0.4 is 10.7 Å². The monoisotopic (exact) mass is 426 g/mol. The van der Waals surface area contributed by atoms with Crippen molar-refractivity contribution in [3.63, 3.8) is 0 Å². The zero-order chi connectivity index (χ0) is 21.0. The molecule has 0 aliphatic heterocycles. The van der Waals surface area contributed by atoms with Crippen molar-refractivity contribution in [3.05, 3.63) is 82.1 Å². The van der Waals surface area contributed by atoms with Gasteiger partial charge in [0.1, 0.15) is 0 Å². The van der Waals surface area contributed by atoms with Crippen molar-refractivity contribution in [2.75, 3.05) is 5.32 Å². The molecule has 6 nitrogen and oxygen atoms in total. The zero-order valence-electron chi connectivity index (χ0n) is 15.8. The minimum absolute atomic E-state index is 0.0610. The first-order valence-corrected chi connectivity index (χ1v) is 9.52. The number of carbonyl (C=O) groups is 1. The van der Waals surface area contributed by atoms with Crippen molar-refractivity contribution in [1.82, 2.24) is 9.99 Å². The van der Waals surface area contributed by atoms with E-state index in [0.29, 0.717) is 5.11 Å². The number of carboxylic acid groups (broad SMARTS) is 1. The van der Waals surface area contributed by atoms with E-state index < -0.39 is 5.97 Å². The molecule has 0 atom stereocenters. The number of hydrogen-bond donors (Lipinski definition) is 3. The van der Waals surface area contributed by atoms with Crippen LogP contribution in [0.4, 0.5) is 5.69 Å². The molecule has 0 spiro atoms. The van der Waals surface area contributed by atoms with Crippen molar-refractivity contribution in [3.8, 4) is 5.69 Å². The first-order valence-electron chi connectivity index (χ1n) is 8.74. The van der Waals surface area contributed by atoms with Gasteiger partial charge in [-0.15, -0.1) is 0 Å². The summed E-state index contributed by atoms with van der Waals surface area (Å²) in [5.41, 5.74) is 7.17. The second-order valence-electron chi connectivity index (χ2n) is 6.32. The Morgan fingerprint density at radius 1 is 1.17 bits per heavy atom. The van der Waals surface area contributed by atoms with Gasteiger partial charge in [0.25, 0.3) is 0 Å². The second kappa shape index (κ2) is 8.89. The van der Waals surface area contributed by atoms with Crippen LogP contribution in [-0.2, 0) is 0 Å². The number of benzene rings is 2. The molecule has 2 aromatic carbocycles. The molecule has 0 fully saturated rings. The zero-order valence-corrected chi connectivity index (χ0v) is 17.4. The Kier molecular flexibility index (Phi) is 6.31. The number of hydrazone groups is 1. The van der Waals surface area contributed by atoms with Crippen LogP contribution in [0.1, 0.15) is 27.3 Å². The molecule has 3 N–H and O–H groups in total. The van der Waals surface area contributed by atoms with Crippen molar-refractivity contribution < 1.29 is 9.90 Å². The van der Waals surface area contributed by atoms with E-state index in [0.717, 1.165) is 28.3 Å². The number of nitrogens with zero attached hydrogens (tertiary/aromatic N) is 2. The first kappa shape index (κ1) is 20.6. The molecule has 1 aromatic heterocycles. The highest BCUT2D eigenvalue weighted by molar-refractivity contribution is 7.80. The average molecular weight is 427 g/mol. The van der Waals surface area contributed by atoms with E-state index in [1.165, 1.54) is 0 Å². The lowest BCUT2D eigenvalue weighted by atomic mass is 10.2. The van der Waals surface area contributed by atoms with Crippen LogP contribution in [-0.4, -0.2) is 27.0 Å². The number of hydrogen-bond acceptors (Lipinski definition) is 3. The molecule has 29 heavy (non-hydrogen) atoms. The summed E-state index contributed by atoms with van der Waals surface area (Å²) < 4.78 is 1.95. The lowest BCUT2D eigenvalue weighted by molar-refractivity contribution is 0.0697. The first-order chi connectivity index (χ1) is 13.9. The van der Waals surface area contributed by atoms with Gasteiger partial charge in [0.2, 0.25) is 0 Å². The number of aromatic carboxylic acids is 1. The highest BCUT2D eigenvalue weighted by atomic mass is 35.5. The maximum absolute atomic E-state index is 11.4. The lowest BCUT2D eigenvalue weighted by Gasteiger charge is -2.11. The summed E-state index contributed by atoms with van der Waals surface area (Å²) in [4.78, 5) is 11.4. The molecular formula is C21H19ClN4O2S. The molecule has 0 saturated heterocycles. The summed E-state index contributed by atoms with van der Waals surface area (Å²) in [5.74, 6) is -1.07. The summed E-state index contributed by atoms with van der Waals surface area (Å²) in [7, 11) is 0. The largest absolute Gasteiger partial charge is 0.478 e. The topological polar surface area (TPSA) is 78.7 Å². The molecule has 3 aromatic rings. The third kappa shape index (κ3) is 4.82. The number of anilines is 1. The summed E-state index contributed by atoms with van der Waals surface area (Å²) in [5, 5.41) is 17.1. The van der Waals surface area contributed by atoms with E-state index in [4.69, 9.17) is 23.8 Å². The van der Waals surface area contributed by atoms with Gasteiger partial charge in [-0.3, -0.25) is 5.43 Å². The van der Waals surface area contributed by atoms with Crippen molar-refractivity contribution in [2.24, 2.45) is 5.10 Å². The van der Waals surface area contributed by atoms with E-state index in [9.17, 15) is 9.90 Å². The second-order valence-corrected chi connectivity index (χ2v) is 7.14. The Morgan fingerprint density at radius 2 is 1.90 bits per heavy atom. The van der Waals surface area contributed by atoms with Crippen molar-refractivity contribution in [1.29, 1.82) is 0 Å². The molecule has 0 aliphatic carbocycles. The smallest absolute Gasteiger partial charge is 0.337 e. The number of para-hydroxylation sites is 1. The van der Waals surface area contributed by atoms with Gasteiger partial charge >= 0.3 is 5.97 Å². The standard InChI is InChI=1S/C21H19ClN4O2S/c1-13-10-15(12-23-25-21(29)24-16-6-4-3-5-7-16)14(2)26(13)17-8-9-19(22)18(11-17)20(27)28/h3-12H,1-2H3,(H,27,28)(H2,24,25,29)/b23-12+. The van der Waals surface area contributed by atoms with E-state index in [1.807, 2.05) is 54.8 Å². The van der Waals surface area contributed by atoms with Gasteiger partial charge in [-0.25, -0.2) is 4.79 Å². The predicted molar refractivity (Wildman–Crippen MR) is 121 cm³/mol. The lowest BCUT2D eigenvalue weighted by Crippen LogP contribution is -2.23. The fourth-order valence-electron chi connectivity index (χ4n) is 2.97. The molecule has 0 amide bonds. The summed E-state index contributed by atoms with van der Waals surface area (Å²) >= 11 is 11.2. The van der Waals surface area contributed by atoms with Gasteiger partial charge in [-0.05, 0) is 62.5 Å². The molecule has 3 rings (SSSR count). The van der Waals surface area contributed by atoms with Crippen LogP contribution in [0.3, 0.4) is 0 Å². The van der Waals surface area contributed by atoms with E-state index in [-0.39, 0.29) is 10.6 Å². The third-order valence-electron chi connectivity index (χ3n) is 4.31. The summed E-state index contributed by atoms with van der Waals surface area (Å²) in [6.07, 6.45) is 1.67. The maximum Gasteiger partial charge on any atom is 0.337 e. The molecule has 8 heteroatoms. The Hall–Kier alpha value is -3.16. The van der Waals surface area contributed by atoms with E-state index in [1.54, 1.807) is 24.4 Å². The normalized spacial score (nSPS) is 10.9. The van der Waals surface area contributed by atoms with Crippen LogP contribution in [0.25, 0.3) is 5.69 Å². The predicted octanol–water partition coefficient (Wildman–Crippen LogP) is 4.77. The van der Waals surface area contributed by atoms with Gasteiger partial charge in [0, 0.05) is 28.3 Å². The van der Waals surface area contributed by atoms with Crippen LogP contribution in [0, 0.1) is 13.8 Å². The molecule has 0 radical (unpaired) electrons.